The van der Waals surface area contributed by atoms with Crippen molar-refractivity contribution in [2.24, 2.45) is 5.92 Å². The molecule has 0 aromatic carbocycles. The minimum Gasteiger partial charge on any atom is -0.478 e. The molecular weight excluding hydrogens is 180 g/mol. The van der Waals surface area contributed by atoms with Gasteiger partial charge in [-0.2, -0.15) is 5.10 Å². The quantitative estimate of drug-likeness (QED) is 0.741. The molecule has 0 unspecified atom stereocenters. The molecule has 0 amide bonds. The summed E-state index contributed by atoms with van der Waals surface area (Å²) in [5.41, 5.74) is 0.651. The Morgan fingerprint density at radius 2 is 2.36 bits per heavy atom. The number of aliphatic carboxylic acids is 1. The normalized spacial score (nSPS) is 10.5. The molecule has 0 atom stereocenters. The Kier molecular flexibility index (Phi) is 3.06. The molecule has 0 aliphatic rings. The van der Waals surface area contributed by atoms with Gasteiger partial charge in [-0.25, -0.2) is 4.79 Å². The fourth-order valence-electron chi connectivity index (χ4n) is 1.12. The molecule has 4 heteroatoms. The van der Waals surface area contributed by atoms with Crippen LogP contribution >= 0.6 is 0 Å². The van der Waals surface area contributed by atoms with Crippen LogP contribution in [-0.2, 0) is 11.3 Å². The molecule has 0 aliphatic heterocycles. The van der Waals surface area contributed by atoms with Crippen LogP contribution < -0.4 is 0 Å². The number of carboxylic acids is 1. The molecule has 0 saturated heterocycles. The van der Waals surface area contributed by atoms with E-state index in [4.69, 9.17) is 5.11 Å². The third-order valence-corrected chi connectivity index (χ3v) is 1.79. The summed E-state index contributed by atoms with van der Waals surface area (Å²) >= 11 is 0. The van der Waals surface area contributed by atoms with E-state index in [0.29, 0.717) is 11.5 Å². The molecule has 1 aromatic rings. The van der Waals surface area contributed by atoms with Crippen LogP contribution in [0.4, 0.5) is 0 Å². The lowest BCUT2D eigenvalue weighted by molar-refractivity contribution is -0.130. The number of aromatic nitrogens is 2. The van der Waals surface area contributed by atoms with E-state index in [-0.39, 0.29) is 5.57 Å². The topological polar surface area (TPSA) is 55.1 Å². The molecule has 0 fully saturated rings. The minimum absolute atomic E-state index is 0.0833. The average molecular weight is 194 g/mol. The largest absolute Gasteiger partial charge is 0.478 e. The van der Waals surface area contributed by atoms with E-state index in [9.17, 15) is 4.79 Å². The van der Waals surface area contributed by atoms with Gasteiger partial charge in [0.2, 0.25) is 0 Å². The molecule has 1 heterocycles. The molecule has 4 nitrogen and oxygen atoms in total. The zero-order valence-electron chi connectivity index (χ0n) is 8.40. The Bertz CT molecular complexity index is 353. The van der Waals surface area contributed by atoms with Gasteiger partial charge in [-0.1, -0.05) is 20.4 Å². The highest BCUT2D eigenvalue weighted by atomic mass is 16.4. The highest BCUT2D eigenvalue weighted by Gasteiger charge is 2.09. The minimum atomic E-state index is -1.01. The van der Waals surface area contributed by atoms with Crippen LogP contribution in [0.1, 0.15) is 19.4 Å². The van der Waals surface area contributed by atoms with E-state index in [1.807, 2.05) is 0 Å². The summed E-state index contributed by atoms with van der Waals surface area (Å²) in [4.78, 5) is 10.6. The van der Waals surface area contributed by atoms with Crippen LogP contribution in [0.5, 0.6) is 0 Å². The molecule has 0 bridgehead atoms. The van der Waals surface area contributed by atoms with Gasteiger partial charge in [0.25, 0.3) is 0 Å². The van der Waals surface area contributed by atoms with Gasteiger partial charge in [-0.15, -0.1) is 0 Å². The van der Waals surface area contributed by atoms with Crippen molar-refractivity contribution in [3.63, 3.8) is 0 Å². The Hall–Kier alpha value is -1.58. The van der Waals surface area contributed by atoms with Gasteiger partial charge in [0.1, 0.15) is 0 Å². The third-order valence-electron chi connectivity index (χ3n) is 1.79. The van der Waals surface area contributed by atoms with E-state index in [1.54, 1.807) is 10.9 Å². The molecule has 0 radical (unpaired) electrons. The summed E-state index contributed by atoms with van der Waals surface area (Å²) in [7, 11) is 0. The first kappa shape index (κ1) is 10.5. The van der Waals surface area contributed by atoms with Crippen molar-refractivity contribution in [3.8, 4) is 0 Å². The Balaban J connectivity index is 2.78. The number of nitrogens with zero attached hydrogens (tertiary/aromatic N) is 2. The maximum absolute atomic E-state index is 10.6. The average Bonchev–Trinajstić information content (AvgIpc) is 2.50. The highest BCUT2D eigenvalue weighted by Crippen LogP contribution is 2.11. The number of carbonyl (C=O) groups is 1. The Labute approximate surface area is 82.9 Å². The number of carboxylic acid groups (broad SMARTS) is 1. The summed E-state index contributed by atoms with van der Waals surface area (Å²) in [5.74, 6) is -0.519. The maximum Gasteiger partial charge on any atom is 0.335 e. The summed E-state index contributed by atoms with van der Waals surface area (Å²) in [6.45, 7) is 8.40. The predicted molar refractivity (Wildman–Crippen MR) is 53.7 cm³/mol. The second-order valence-electron chi connectivity index (χ2n) is 3.63. The van der Waals surface area contributed by atoms with Crippen molar-refractivity contribution in [2.75, 3.05) is 0 Å². The van der Waals surface area contributed by atoms with Crippen LogP contribution in [0.2, 0.25) is 0 Å². The van der Waals surface area contributed by atoms with Gasteiger partial charge in [-0.05, 0) is 5.92 Å². The summed E-state index contributed by atoms with van der Waals surface area (Å²) < 4.78 is 1.73. The fraction of sp³-hybridized carbons (Fsp3) is 0.400. The lowest BCUT2D eigenvalue weighted by Gasteiger charge is -2.03. The van der Waals surface area contributed by atoms with E-state index < -0.39 is 5.97 Å². The number of hydrogen-bond acceptors (Lipinski definition) is 2. The molecule has 1 aromatic heterocycles. The first-order chi connectivity index (χ1) is 6.50. The lowest BCUT2D eigenvalue weighted by atomic mass is 10.2. The van der Waals surface area contributed by atoms with E-state index >= 15 is 0 Å². The predicted octanol–water partition coefficient (Wildman–Crippen LogP) is 1.64. The molecule has 0 saturated carbocycles. The smallest absolute Gasteiger partial charge is 0.335 e. The molecule has 1 N–H and O–H groups in total. The van der Waals surface area contributed by atoms with Crippen LogP contribution in [0.25, 0.3) is 5.57 Å². The lowest BCUT2D eigenvalue weighted by Crippen LogP contribution is -2.04. The Morgan fingerprint density at radius 3 is 2.86 bits per heavy atom. The van der Waals surface area contributed by atoms with Gasteiger partial charge in [0.15, 0.2) is 0 Å². The molecule has 0 aliphatic carbocycles. The number of rotatable bonds is 4. The molecule has 1 rings (SSSR count). The fourth-order valence-corrected chi connectivity index (χ4v) is 1.12. The van der Waals surface area contributed by atoms with Gasteiger partial charge >= 0.3 is 5.97 Å². The second kappa shape index (κ2) is 4.09. The van der Waals surface area contributed by atoms with Crippen molar-refractivity contribution >= 4 is 11.5 Å². The first-order valence-electron chi connectivity index (χ1n) is 4.45. The zero-order valence-corrected chi connectivity index (χ0v) is 8.40. The monoisotopic (exact) mass is 194 g/mol. The standard InChI is InChI=1S/C10H14N2O2/c1-7(2)5-12-6-9(4-11-12)8(3)10(13)14/h4,6-7H,3,5H2,1-2H3,(H,13,14). The van der Waals surface area contributed by atoms with E-state index in [2.05, 4.69) is 25.5 Å². The zero-order chi connectivity index (χ0) is 10.7. The van der Waals surface area contributed by atoms with Crippen molar-refractivity contribution < 1.29 is 9.90 Å². The van der Waals surface area contributed by atoms with Crippen molar-refractivity contribution in [3.05, 3.63) is 24.5 Å². The SMILES string of the molecule is C=C(C(=O)O)c1cnn(CC(C)C)c1. The van der Waals surface area contributed by atoms with E-state index in [1.165, 1.54) is 6.20 Å². The van der Waals surface area contributed by atoms with Gasteiger partial charge in [0, 0.05) is 18.3 Å². The molecular formula is C10H14N2O2. The van der Waals surface area contributed by atoms with Crippen molar-refractivity contribution in [1.82, 2.24) is 9.78 Å². The molecule has 0 spiro atoms. The van der Waals surface area contributed by atoms with E-state index in [0.717, 1.165) is 6.54 Å². The third kappa shape index (κ3) is 2.45. The molecule has 76 valence electrons. The van der Waals surface area contributed by atoms with Crippen molar-refractivity contribution in [1.29, 1.82) is 0 Å². The second-order valence-corrected chi connectivity index (χ2v) is 3.63. The first-order valence-corrected chi connectivity index (χ1v) is 4.45. The van der Waals surface area contributed by atoms with Gasteiger partial charge in [-0.3, -0.25) is 4.68 Å². The molecule has 14 heavy (non-hydrogen) atoms. The maximum atomic E-state index is 10.6. The van der Waals surface area contributed by atoms with Crippen LogP contribution in [0.3, 0.4) is 0 Å². The number of hydrogen-bond donors (Lipinski definition) is 1. The highest BCUT2D eigenvalue weighted by molar-refractivity contribution is 6.14. The van der Waals surface area contributed by atoms with Gasteiger partial charge < -0.3 is 5.11 Å². The van der Waals surface area contributed by atoms with Crippen molar-refractivity contribution in [2.45, 2.75) is 20.4 Å². The van der Waals surface area contributed by atoms with Crippen LogP contribution in [0, 0.1) is 5.92 Å². The summed E-state index contributed by atoms with van der Waals surface area (Å²) in [6, 6.07) is 0. The van der Waals surface area contributed by atoms with Crippen LogP contribution in [-0.4, -0.2) is 20.9 Å². The Morgan fingerprint density at radius 1 is 1.71 bits per heavy atom. The van der Waals surface area contributed by atoms with Gasteiger partial charge in [0.05, 0.1) is 11.8 Å². The summed E-state index contributed by atoms with van der Waals surface area (Å²) in [6.07, 6.45) is 3.23. The van der Waals surface area contributed by atoms with Crippen LogP contribution in [0.15, 0.2) is 19.0 Å². The summed E-state index contributed by atoms with van der Waals surface area (Å²) in [5, 5.41) is 12.7.